The summed E-state index contributed by atoms with van der Waals surface area (Å²) in [4.78, 5) is 22.5. The zero-order chi connectivity index (χ0) is 19.4. The van der Waals surface area contributed by atoms with E-state index < -0.39 is 10.8 Å². The monoisotopic (exact) mass is 386 g/mol. The van der Waals surface area contributed by atoms with E-state index in [0.29, 0.717) is 16.5 Å². The lowest BCUT2D eigenvalue weighted by Gasteiger charge is -2.12. The van der Waals surface area contributed by atoms with Crippen LogP contribution < -0.4 is 14.8 Å². The van der Waals surface area contributed by atoms with Gasteiger partial charge in [0.1, 0.15) is 11.5 Å². The summed E-state index contributed by atoms with van der Waals surface area (Å²) in [7, 11) is 1.37. The van der Waals surface area contributed by atoms with Crippen LogP contribution in [0.4, 0.5) is 11.4 Å². The Balaban J connectivity index is 1.72. The summed E-state index contributed by atoms with van der Waals surface area (Å²) >= 11 is 6.17. The SMILES string of the molecule is COc1cc([N+](=O)[O-])ccc1NC(=O)COc1ccc(Cl)c2ccccc12. The molecular weight excluding hydrogens is 372 g/mol. The maximum atomic E-state index is 12.2. The number of amides is 1. The fraction of sp³-hybridized carbons (Fsp3) is 0.105. The molecule has 0 aliphatic carbocycles. The van der Waals surface area contributed by atoms with Gasteiger partial charge in [-0.05, 0) is 18.2 Å². The van der Waals surface area contributed by atoms with Gasteiger partial charge in [0.25, 0.3) is 11.6 Å². The number of nitro benzene ring substituents is 1. The van der Waals surface area contributed by atoms with Gasteiger partial charge in [-0.15, -0.1) is 0 Å². The van der Waals surface area contributed by atoms with Gasteiger partial charge in [-0.1, -0.05) is 35.9 Å². The maximum absolute atomic E-state index is 12.2. The van der Waals surface area contributed by atoms with E-state index in [1.165, 1.54) is 25.3 Å². The molecular formula is C19H15ClN2O5. The number of methoxy groups -OCH3 is 1. The van der Waals surface area contributed by atoms with Crippen LogP contribution in [0.1, 0.15) is 0 Å². The third-order valence-corrected chi connectivity index (χ3v) is 4.19. The standard InChI is InChI=1S/C19H15ClN2O5/c1-26-18-10-12(22(24)25)6-8-16(18)21-19(23)11-27-17-9-7-15(20)13-4-2-3-5-14(13)17/h2-10H,11H2,1H3,(H,21,23). The molecule has 0 aliphatic rings. The van der Waals surface area contributed by atoms with Crippen molar-refractivity contribution in [2.24, 2.45) is 0 Å². The first-order valence-corrected chi connectivity index (χ1v) is 8.29. The Bertz CT molecular complexity index is 1020. The average molecular weight is 387 g/mol. The number of carbonyl (C=O) groups excluding carboxylic acids is 1. The van der Waals surface area contributed by atoms with Crippen LogP contribution in [0.15, 0.2) is 54.6 Å². The minimum absolute atomic E-state index is 0.131. The highest BCUT2D eigenvalue weighted by Gasteiger charge is 2.14. The van der Waals surface area contributed by atoms with Crippen LogP contribution in [-0.2, 0) is 4.79 Å². The number of nitrogens with one attached hydrogen (secondary N) is 1. The summed E-state index contributed by atoms with van der Waals surface area (Å²) in [6.45, 7) is -0.244. The lowest BCUT2D eigenvalue weighted by atomic mass is 10.1. The van der Waals surface area contributed by atoms with E-state index >= 15 is 0 Å². The van der Waals surface area contributed by atoms with Gasteiger partial charge in [0.2, 0.25) is 0 Å². The minimum Gasteiger partial charge on any atom is -0.494 e. The Morgan fingerprint density at radius 1 is 1.11 bits per heavy atom. The van der Waals surface area contributed by atoms with Crippen LogP contribution in [0.25, 0.3) is 10.8 Å². The molecule has 0 fully saturated rings. The zero-order valence-corrected chi connectivity index (χ0v) is 15.0. The molecule has 0 saturated carbocycles. The van der Waals surface area contributed by atoms with Gasteiger partial charge >= 0.3 is 0 Å². The lowest BCUT2D eigenvalue weighted by molar-refractivity contribution is -0.384. The Kier molecular flexibility index (Phi) is 5.42. The Morgan fingerprint density at radius 2 is 1.85 bits per heavy atom. The van der Waals surface area contributed by atoms with Gasteiger partial charge < -0.3 is 14.8 Å². The molecule has 0 spiro atoms. The number of hydrogen-bond acceptors (Lipinski definition) is 5. The normalized spacial score (nSPS) is 10.4. The number of hydrogen-bond donors (Lipinski definition) is 1. The molecule has 0 heterocycles. The second-order valence-electron chi connectivity index (χ2n) is 5.57. The number of fused-ring (bicyclic) bond motifs is 1. The fourth-order valence-corrected chi connectivity index (χ4v) is 2.81. The van der Waals surface area contributed by atoms with Crippen molar-refractivity contribution in [3.8, 4) is 11.5 Å². The van der Waals surface area contributed by atoms with Crippen molar-refractivity contribution in [3.63, 3.8) is 0 Å². The molecule has 3 aromatic carbocycles. The minimum atomic E-state index is -0.539. The largest absolute Gasteiger partial charge is 0.494 e. The van der Waals surface area contributed by atoms with E-state index in [1.54, 1.807) is 12.1 Å². The van der Waals surface area contributed by atoms with Gasteiger partial charge in [0.05, 0.1) is 23.8 Å². The second kappa shape index (κ2) is 7.92. The molecule has 0 aliphatic heterocycles. The van der Waals surface area contributed by atoms with Gasteiger partial charge in [-0.25, -0.2) is 0 Å². The topological polar surface area (TPSA) is 90.7 Å². The first-order chi connectivity index (χ1) is 13.0. The van der Waals surface area contributed by atoms with Gasteiger partial charge in [0, 0.05) is 21.9 Å². The van der Waals surface area contributed by atoms with E-state index in [4.69, 9.17) is 21.1 Å². The predicted octanol–water partition coefficient (Wildman–Crippen LogP) is 4.43. The second-order valence-corrected chi connectivity index (χ2v) is 5.98. The number of nitrogens with zero attached hydrogens (tertiary/aromatic N) is 1. The Labute approximate surface area is 159 Å². The number of non-ortho nitro benzene ring substituents is 1. The van der Waals surface area contributed by atoms with Crippen molar-refractivity contribution in [2.75, 3.05) is 19.0 Å². The van der Waals surface area contributed by atoms with Crippen molar-refractivity contribution < 1.29 is 19.2 Å². The average Bonchev–Trinajstić information content (AvgIpc) is 2.68. The molecule has 27 heavy (non-hydrogen) atoms. The number of benzene rings is 3. The third kappa shape index (κ3) is 4.09. The molecule has 0 atom stereocenters. The summed E-state index contributed by atoms with van der Waals surface area (Å²) in [5.41, 5.74) is 0.186. The smallest absolute Gasteiger partial charge is 0.273 e. The molecule has 138 valence electrons. The van der Waals surface area contributed by atoms with Crippen molar-refractivity contribution >= 4 is 39.7 Å². The number of nitro groups is 1. The number of halogens is 1. The lowest BCUT2D eigenvalue weighted by Crippen LogP contribution is -2.20. The van der Waals surface area contributed by atoms with Crippen molar-refractivity contribution in [2.45, 2.75) is 0 Å². The summed E-state index contributed by atoms with van der Waals surface area (Å²) in [5.74, 6) is 0.288. The van der Waals surface area contributed by atoms with Crippen LogP contribution in [-0.4, -0.2) is 24.5 Å². The summed E-state index contributed by atoms with van der Waals surface area (Å²) in [5, 5.41) is 15.7. The van der Waals surface area contributed by atoms with Crippen LogP contribution >= 0.6 is 11.6 Å². The molecule has 3 rings (SSSR count). The molecule has 1 N–H and O–H groups in total. The Hall–Kier alpha value is -3.32. The molecule has 0 bridgehead atoms. The van der Waals surface area contributed by atoms with Gasteiger partial charge in [-0.3, -0.25) is 14.9 Å². The number of carbonyl (C=O) groups is 1. The van der Waals surface area contributed by atoms with E-state index in [9.17, 15) is 14.9 Å². The molecule has 0 unspecified atom stereocenters. The van der Waals surface area contributed by atoms with Crippen LogP contribution in [0.2, 0.25) is 5.02 Å². The highest BCUT2D eigenvalue weighted by atomic mass is 35.5. The highest BCUT2D eigenvalue weighted by molar-refractivity contribution is 6.35. The van der Waals surface area contributed by atoms with E-state index in [1.807, 2.05) is 24.3 Å². The first kappa shape index (κ1) is 18.5. The molecule has 8 heteroatoms. The number of rotatable bonds is 6. The first-order valence-electron chi connectivity index (χ1n) is 7.92. The van der Waals surface area contributed by atoms with Crippen molar-refractivity contribution in [1.82, 2.24) is 0 Å². The van der Waals surface area contributed by atoms with Crippen LogP contribution in [0, 0.1) is 10.1 Å². The zero-order valence-electron chi connectivity index (χ0n) is 14.3. The quantitative estimate of drug-likeness (QED) is 0.500. The molecule has 0 aromatic heterocycles. The molecule has 0 saturated heterocycles. The highest BCUT2D eigenvalue weighted by Crippen LogP contribution is 2.32. The van der Waals surface area contributed by atoms with Crippen molar-refractivity contribution in [3.05, 3.63) is 69.7 Å². The molecule has 3 aromatic rings. The molecule has 1 amide bonds. The summed E-state index contributed by atoms with van der Waals surface area (Å²) in [6, 6.07) is 14.8. The third-order valence-electron chi connectivity index (χ3n) is 3.86. The number of anilines is 1. The maximum Gasteiger partial charge on any atom is 0.273 e. The fourth-order valence-electron chi connectivity index (χ4n) is 2.59. The van der Waals surface area contributed by atoms with Gasteiger partial charge in [0.15, 0.2) is 6.61 Å². The van der Waals surface area contributed by atoms with Crippen molar-refractivity contribution in [1.29, 1.82) is 0 Å². The molecule has 7 nitrogen and oxygen atoms in total. The van der Waals surface area contributed by atoms with Crippen LogP contribution in [0.3, 0.4) is 0 Å². The molecule has 0 radical (unpaired) electrons. The van der Waals surface area contributed by atoms with E-state index in [0.717, 1.165) is 10.8 Å². The Morgan fingerprint density at radius 3 is 2.56 bits per heavy atom. The summed E-state index contributed by atoms with van der Waals surface area (Å²) < 4.78 is 10.7. The van der Waals surface area contributed by atoms with E-state index in [-0.39, 0.29) is 18.0 Å². The van der Waals surface area contributed by atoms with E-state index in [2.05, 4.69) is 5.32 Å². The summed E-state index contributed by atoms with van der Waals surface area (Å²) in [6.07, 6.45) is 0. The number of ether oxygens (including phenoxy) is 2. The van der Waals surface area contributed by atoms with Crippen LogP contribution in [0.5, 0.6) is 11.5 Å². The predicted molar refractivity (Wildman–Crippen MR) is 103 cm³/mol. The van der Waals surface area contributed by atoms with Gasteiger partial charge in [-0.2, -0.15) is 0 Å².